The summed E-state index contributed by atoms with van der Waals surface area (Å²) in [6, 6.07) is -0.0619. The molecule has 1 rings (SSSR count). The second-order valence-electron chi connectivity index (χ2n) is 3.56. The molecule has 2 amide bonds. The van der Waals surface area contributed by atoms with Gasteiger partial charge in [-0.05, 0) is 13.8 Å². The number of alkyl halides is 1. The van der Waals surface area contributed by atoms with Crippen molar-refractivity contribution < 1.29 is 9.18 Å². The molecule has 1 atom stereocenters. The Labute approximate surface area is 81.8 Å². The zero-order valence-corrected chi connectivity index (χ0v) is 8.71. The van der Waals surface area contributed by atoms with Crippen LogP contribution < -0.4 is 10.6 Å². The summed E-state index contributed by atoms with van der Waals surface area (Å²) < 4.78 is 11.8. The number of thioether (sulfide) groups is 1. The first kappa shape index (κ1) is 10.6. The molecule has 0 saturated carbocycles. The summed E-state index contributed by atoms with van der Waals surface area (Å²) in [5, 5.41) is 5.24. The molecule has 0 bridgehead atoms. The summed E-state index contributed by atoms with van der Waals surface area (Å²) >= 11 is 1.82. The minimum atomic E-state index is -0.518. The number of amides is 2. The van der Waals surface area contributed by atoms with Crippen LogP contribution in [-0.4, -0.2) is 35.8 Å². The van der Waals surface area contributed by atoms with Gasteiger partial charge in [-0.2, -0.15) is 11.8 Å². The molecule has 1 aliphatic heterocycles. The van der Waals surface area contributed by atoms with E-state index in [1.165, 1.54) is 0 Å². The number of urea groups is 1. The van der Waals surface area contributed by atoms with Gasteiger partial charge in [-0.25, -0.2) is 9.18 Å². The van der Waals surface area contributed by atoms with Gasteiger partial charge in [0.05, 0.1) is 6.04 Å². The number of carbonyl (C=O) groups excluding carboxylic acids is 1. The van der Waals surface area contributed by atoms with Gasteiger partial charge in [0.2, 0.25) is 0 Å². The Bertz CT molecular complexity index is 199. The van der Waals surface area contributed by atoms with Crippen LogP contribution in [0.1, 0.15) is 13.8 Å². The molecule has 1 heterocycles. The highest BCUT2D eigenvalue weighted by Crippen LogP contribution is 2.39. The van der Waals surface area contributed by atoms with E-state index in [-0.39, 0.29) is 23.4 Å². The van der Waals surface area contributed by atoms with Crippen molar-refractivity contribution in [3.63, 3.8) is 0 Å². The van der Waals surface area contributed by atoms with Crippen molar-refractivity contribution in [2.45, 2.75) is 24.6 Å². The highest BCUT2D eigenvalue weighted by molar-refractivity contribution is 8.02. The Morgan fingerprint density at radius 1 is 1.69 bits per heavy atom. The third kappa shape index (κ3) is 2.76. The highest BCUT2D eigenvalue weighted by Gasteiger charge is 2.40. The van der Waals surface area contributed by atoms with Crippen LogP contribution >= 0.6 is 11.8 Å². The number of halogens is 1. The van der Waals surface area contributed by atoms with Crippen LogP contribution in [-0.2, 0) is 0 Å². The number of rotatable bonds is 3. The van der Waals surface area contributed by atoms with Gasteiger partial charge >= 0.3 is 6.03 Å². The van der Waals surface area contributed by atoms with E-state index >= 15 is 0 Å². The largest absolute Gasteiger partial charge is 0.336 e. The molecule has 0 aromatic rings. The van der Waals surface area contributed by atoms with Crippen LogP contribution in [0.25, 0.3) is 0 Å². The van der Waals surface area contributed by atoms with Gasteiger partial charge in [-0.1, -0.05) is 0 Å². The van der Waals surface area contributed by atoms with E-state index in [0.717, 1.165) is 5.75 Å². The predicted octanol–water partition coefficient (Wildman–Crippen LogP) is 1.15. The van der Waals surface area contributed by atoms with E-state index in [4.69, 9.17) is 0 Å². The summed E-state index contributed by atoms with van der Waals surface area (Å²) in [5.41, 5.74) is 0. The monoisotopic (exact) mass is 206 g/mol. The molecule has 1 saturated heterocycles. The van der Waals surface area contributed by atoms with Crippen LogP contribution in [0.15, 0.2) is 0 Å². The molecule has 3 nitrogen and oxygen atoms in total. The summed E-state index contributed by atoms with van der Waals surface area (Å²) in [4.78, 5) is 11.1. The quantitative estimate of drug-likeness (QED) is 0.727. The lowest BCUT2D eigenvalue weighted by Crippen LogP contribution is -2.58. The Balaban J connectivity index is 2.21. The van der Waals surface area contributed by atoms with Crippen LogP contribution in [0.3, 0.4) is 0 Å². The number of carbonyl (C=O) groups is 1. The molecule has 5 heteroatoms. The Hall–Kier alpha value is -0.450. The molecule has 2 N–H and O–H groups in total. The second-order valence-corrected chi connectivity index (χ2v) is 5.23. The number of hydrogen-bond acceptors (Lipinski definition) is 2. The second kappa shape index (κ2) is 4.17. The van der Waals surface area contributed by atoms with Gasteiger partial charge < -0.3 is 10.6 Å². The van der Waals surface area contributed by atoms with Crippen molar-refractivity contribution in [1.29, 1.82) is 0 Å². The van der Waals surface area contributed by atoms with Crippen LogP contribution in [0, 0.1) is 0 Å². The topological polar surface area (TPSA) is 41.1 Å². The summed E-state index contributed by atoms with van der Waals surface area (Å²) in [5.74, 6) is 0.941. The SMILES string of the molecule is CC1(C)SCC1NC(=O)NCCF. The first-order valence-electron chi connectivity index (χ1n) is 4.30. The first-order valence-corrected chi connectivity index (χ1v) is 5.29. The van der Waals surface area contributed by atoms with Crippen LogP contribution in [0.4, 0.5) is 9.18 Å². The maximum Gasteiger partial charge on any atom is 0.315 e. The van der Waals surface area contributed by atoms with Crippen molar-refractivity contribution >= 4 is 17.8 Å². The van der Waals surface area contributed by atoms with E-state index < -0.39 is 6.67 Å². The zero-order chi connectivity index (χ0) is 9.90. The minimum Gasteiger partial charge on any atom is -0.336 e. The molecule has 0 aromatic heterocycles. The third-order valence-electron chi connectivity index (χ3n) is 2.15. The van der Waals surface area contributed by atoms with Gasteiger partial charge in [0, 0.05) is 17.0 Å². The Kier molecular flexibility index (Phi) is 3.41. The van der Waals surface area contributed by atoms with E-state index in [1.54, 1.807) is 0 Å². The average molecular weight is 206 g/mol. The molecule has 13 heavy (non-hydrogen) atoms. The Morgan fingerprint density at radius 3 is 2.77 bits per heavy atom. The highest BCUT2D eigenvalue weighted by atomic mass is 32.2. The molecule has 1 unspecified atom stereocenters. The van der Waals surface area contributed by atoms with E-state index in [1.807, 2.05) is 11.8 Å². The molecular weight excluding hydrogens is 191 g/mol. The van der Waals surface area contributed by atoms with E-state index in [9.17, 15) is 9.18 Å². The fraction of sp³-hybridized carbons (Fsp3) is 0.875. The Morgan fingerprint density at radius 2 is 2.38 bits per heavy atom. The lowest BCUT2D eigenvalue weighted by atomic mass is 10.0. The molecule has 0 spiro atoms. The van der Waals surface area contributed by atoms with Crippen molar-refractivity contribution in [3.8, 4) is 0 Å². The standard InChI is InChI=1S/C8H15FN2OS/c1-8(2)6(5-13-8)11-7(12)10-4-3-9/h6H,3-5H2,1-2H3,(H2,10,11,12). The average Bonchev–Trinajstić information content (AvgIpc) is 2.09. The van der Waals surface area contributed by atoms with Crippen LogP contribution in [0.5, 0.6) is 0 Å². The maximum atomic E-state index is 11.7. The van der Waals surface area contributed by atoms with E-state index in [0.29, 0.717) is 0 Å². The van der Waals surface area contributed by atoms with Crippen molar-refractivity contribution in [2.24, 2.45) is 0 Å². The minimum absolute atomic E-state index is 0.0894. The lowest BCUT2D eigenvalue weighted by Gasteiger charge is -2.43. The van der Waals surface area contributed by atoms with Crippen molar-refractivity contribution in [1.82, 2.24) is 10.6 Å². The van der Waals surface area contributed by atoms with Gasteiger partial charge in [0.25, 0.3) is 0 Å². The normalized spacial score (nSPS) is 24.7. The fourth-order valence-electron chi connectivity index (χ4n) is 1.09. The molecule has 1 fully saturated rings. The lowest BCUT2D eigenvalue weighted by molar-refractivity contribution is 0.233. The van der Waals surface area contributed by atoms with Gasteiger partial charge in [0.15, 0.2) is 0 Å². The third-order valence-corrected chi connectivity index (χ3v) is 3.68. The van der Waals surface area contributed by atoms with Crippen molar-refractivity contribution in [2.75, 3.05) is 19.0 Å². The first-order chi connectivity index (χ1) is 6.06. The molecule has 0 aromatic carbocycles. The predicted molar refractivity (Wildman–Crippen MR) is 52.8 cm³/mol. The summed E-state index contributed by atoms with van der Waals surface area (Å²) in [6.07, 6.45) is 0. The van der Waals surface area contributed by atoms with Gasteiger partial charge in [-0.3, -0.25) is 0 Å². The molecule has 1 aliphatic rings. The fourth-order valence-corrected chi connectivity index (χ4v) is 2.23. The van der Waals surface area contributed by atoms with Crippen LogP contribution in [0.2, 0.25) is 0 Å². The smallest absolute Gasteiger partial charge is 0.315 e. The molecular formula is C8H15FN2OS. The number of nitrogens with one attached hydrogen (secondary N) is 2. The molecule has 0 aliphatic carbocycles. The summed E-state index contributed by atoms with van der Waals surface area (Å²) in [7, 11) is 0. The van der Waals surface area contributed by atoms with Gasteiger partial charge in [-0.15, -0.1) is 0 Å². The zero-order valence-electron chi connectivity index (χ0n) is 7.89. The van der Waals surface area contributed by atoms with Gasteiger partial charge in [0.1, 0.15) is 6.67 Å². The summed E-state index contributed by atoms with van der Waals surface area (Å²) in [6.45, 7) is 3.74. The molecule has 76 valence electrons. The molecule has 0 radical (unpaired) electrons. The van der Waals surface area contributed by atoms with Crippen molar-refractivity contribution in [3.05, 3.63) is 0 Å². The number of hydrogen-bond donors (Lipinski definition) is 2. The van der Waals surface area contributed by atoms with E-state index in [2.05, 4.69) is 24.5 Å². The maximum absolute atomic E-state index is 11.7.